The Bertz CT molecular complexity index is 443. The molecule has 10 heteroatoms. The first kappa shape index (κ1) is 16.2. The summed E-state index contributed by atoms with van der Waals surface area (Å²) >= 11 is 0. The van der Waals surface area contributed by atoms with Gasteiger partial charge in [0.25, 0.3) is 0 Å². The Morgan fingerprint density at radius 2 is 1.89 bits per heavy atom. The Morgan fingerprint density at radius 3 is 2.32 bits per heavy atom. The van der Waals surface area contributed by atoms with Crippen molar-refractivity contribution in [2.24, 2.45) is 0 Å². The van der Waals surface area contributed by atoms with Gasteiger partial charge in [-0.25, -0.2) is 4.79 Å². The van der Waals surface area contributed by atoms with Crippen molar-refractivity contribution < 1.29 is 40.8 Å². The minimum Gasteiger partial charge on any atom is -0.451 e. The topological polar surface area (TPSA) is 99.1 Å². The highest BCUT2D eigenvalue weighted by molar-refractivity contribution is 7.87. The highest BCUT2D eigenvalue weighted by Gasteiger charge is 2.57. The van der Waals surface area contributed by atoms with E-state index in [9.17, 15) is 22.0 Å². The number of carbonyl (C=O) groups is 1. The van der Waals surface area contributed by atoms with Gasteiger partial charge in [-0.2, -0.15) is 17.2 Å². The zero-order valence-electron chi connectivity index (χ0n) is 10.3. The fourth-order valence-electron chi connectivity index (χ4n) is 1.92. The molecule has 1 rings (SSSR count). The molecule has 1 aliphatic rings. The van der Waals surface area contributed by atoms with Crippen LogP contribution in [0.2, 0.25) is 0 Å². The second-order valence-electron chi connectivity index (χ2n) is 4.00. The number of ether oxygens (including phenoxy) is 3. The summed E-state index contributed by atoms with van der Waals surface area (Å²) in [6, 6.07) is 0. The van der Waals surface area contributed by atoms with Crippen LogP contribution in [0.4, 0.5) is 8.78 Å². The van der Waals surface area contributed by atoms with Gasteiger partial charge in [0.2, 0.25) is 5.79 Å². The summed E-state index contributed by atoms with van der Waals surface area (Å²) in [6.07, 6.45) is -0.218. The minimum absolute atomic E-state index is 0.176. The van der Waals surface area contributed by atoms with Crippen LogP contribution >= 0.6 is 0 Å². The number of hydrogen-bond donors (Lipinski definition) is 1. The molecule has 0 radical (unpaired) electrons. The molecule has 19 heavy (non-hydrogen) atoms. The second-order valence-corrected chi connectivity index (χ2v) is 5.46. The second kappa shape index (κ2) is 5.27. The molecule has 0 heterocycles. The number of methoxy groups -OCH3 is 2. The average molecular weight is 304 g/mol. The van der Waals surface area contributed by atoms with E-state index in [2.05, 4.69) is 4.74 Å². The van der Waals surface area contributed by atoms with Crippen molar-refractivity contribution in [3.8, 4) is 0 Å². The zero-order chi connectivity index (χ0) is 14.9. The summed E-state index contributed by atoms with van der Waals surface area (Å²) in [5.74, 6) is -3.74. The highest BCUT2D eigenvalue weighted by atomic mass is 32.2. The monoisotopic (exact) mass is 304 g/mol. The van der Waals surface area contributed by atoms with Crippen molar-refractivity contribution in [1.82, 2.24) is 0 Å². The van der Waals surface area contributed by atoms with E-state index < -0.39 is 33.2 Å². The van der Waals surface area contributed by atoms with Crippen molar-refractivity contribution in [3.63, 3.8) is 0 Å². The van der Waals surface area contributed by atoms with Crippen LogP contribution in [-0.4, -0.2) is 50.3 Å². The van der Waals surface area contributed by atoms with Gasteiger partial charge in [0.05, 0.1) is 0 Å². The molecule has 0 bridgehead atoms. The van der Waals surface area contributed by atoms with Gasteiger partial charge in [-0.15, -0.1) is 0 Å². The lowest BCUT2D eigenvalue weighted by Gasteiger charge is -2.32. The van der Waals surface area contributed by atoms with Crippen LogP contribution in [-0.2, 0) is 29.1 Å². The SMILES string of the molecule is COC1(OC)CCCC1OC(=O)C(F)(F)S(=O)(=O)O. The van der Waals surface area contributed by atoms with E-state index in [0.717, 1.165) is 0 Å². The van der Waals surface area contributed by atoms with Crippen molar-refractivity contribution in [1.29, 1.82) is 0 Å². The number of alkyl halides is 2. The first-order valence-electron chi connectivity index (χ1n) is 5.27. The smallest absolute Gasteiger partial charge is 0.451 e. The number of halogens is 2. The summed E-state index contributed by atoms with van der Waals surface area (Å²) in [6.45, 7) is 0. The summed E-state index contributed by atoms with van der Waals surface area (Å²) in [5, 5.41) is -5.02. The maximum atomic E-state index is 13.0. The fourth-order valence-corrected chi connectivity index (χ4v) is 2.18. The maximum absolute atomic E-state index is 13.0. The fraction of sp³-hybridized carbons (Fsp3) is 0.889. The van der Waals surface area contributed by atoms with E-state index in [1.807, 2.05) is 0 Å². The first-order chi connectivity index (χ1) is 8.60. The van der Waals surface area contributed by atoms with Crippen LogP contribution in [0.3, 0.4) is 0 Å². The van der Waals surface area contributed by atoms with Gasteiger partial charge in [0.15, 0.2) is 6.10 Å². The average Bonchev–Trinajstić information content (AvgIpc) is 2.71. The van der Waals surface area contributed by atoms with Crippen molar-refractivity contribution in [2.45, 2.75) is 36.4 Å². The molecule has 1 N–H and O–H groups in total. The van der Waals surface area contributed by atoms with Gasteiger partial charge in [-0.05, 0) is 12.8 Å². The summed E-state index contributed by atoms with van der Waals surface area (Å²) in [5.41, 5.74) is 0. The van der Waals surface area contributed by atoms with Crippen LogP contribution in [0.5, 0.6) is 0 Å². The molecule has 1 atom stereocenters. The van der Waals surface area contributed by atoms with E-state index in [0.29, 0.717) is 12.8 Å². The summed E-state index contributed by atoms with van der Waals surface area (Å²) < 4.78 is 69.6. The molecule has 1 aliphatic carbocycles. The Labute approximate surface area is 108 Å². The molecule has 0 amide bonds. The van der Waals surface area contributed by atoms with Gasteiger partial charge >= 0.3 is 21.3 Å². The van der Waals surface area contributed by atoms with Crippen LogP contribution in [0.15, 0.2) is 0 Å². The Balaban J connectivity index is 2.89. The highest BCUT2D eigenvalue weighted by Crippen LogP contribution is 2.37. The Kier molecular flexibility index (Phi) is 4.50. The van der Waals surface area contributed by atoms with Gasteiger partial charge in [0.1, 0.15) is 0 Å². The molecule has 0 aliphatic heterocycles. The standard InChI is InChI=1S/C9H14F2O7S/c1-16-8(17-2)5-3-4-6(8)18-7(12)9(10,11)19(13,14)15/h6H,3-5H2,1-2H3,(H,13,14,15). The lowest BCUT2D eigenvalue weighted by atomic mass is 10.2. The van der Waals surface area contributed by atoms with Crippen molar-refractivity contribution >= 4 is 16.1 Å². The van der Waals surface area contributed by atoms with E-state index in [1.165, 1.54) is 14.2 Å². The number of esters is 1. The third-order valence-electron chi connectivity index (χ3n) is 2.98. The summed E-state index contributed by atoms with van der Waals surface area (Å²) in [7, 11) is -3.39. The lowest BCUT2D eigenvalue weighted by molar-refractivity contribution is -0.256. The van der Waals surface area contributed by atoms with Gasteiger partial charge in [-0.1, -0.05) is 0 Å². The van der Waals surface area contributed by atoms with Crippen molar-refractivity contribution in [2.75, 3.05) is 14.2 Å². The third-order valence-corrected chi connectivity index (χ3v) is 3.80. The van der Waals surface area contributed by atoms with Crippen LogP contribution in [0.1, 0.15) is 19.3 Å². The van der Waals surface area contributed by atoms with Crippen LogP contribution < -0.4 is 0 Å². The van der Waals surface area contributed by atoms with E-state index >= 15 is 0 Å². The summed E-state index contributed by atoms with van der Waals surface area (Å²) in [4.78, 5) is 11.2. The molecule has 0 aromatic rings. The molecule has 1 fully saturated rings. The Hall–Kier alpha value is -0.840. The molecule has 1 unspecified atom stereocenters. The maximum Gasteiger partial charge on any atom is 0.465 e. The molecule has 0 aromatic carbocycles. The zero-order valence-corrected chi connectivity index (χ0v) is 11.1. The minimum atomic E-state index is -5.88. The molecular weight excluding hydrogens is 290 g/mol. The van der Waals surface area contributed by atoms with E-state index in [-0.39, 0.29) is 6.42 Å². The van der Waals surface area contributed by atoms with Gasteiger partial charge < -0.3 is 14.2 Å². The van der Waals surface area contributed by atoms with Crippen LogP contribution in [0, 0.1) is 0 Å². The van der Waals surface area contributed by atoms with Gasteiger partial charge in [-0.3, -0.25) is 4.55 Å². The molecule has 0 aromatic heterocycles. The van der Waals surface area contributed by atoms with Gasteiger partial charge in [0, 0.05) is 20.6 Å². The Morgan fingerprint density at radius 1 is 1.37 bits per heavy atom. The molecule has 1 saturated carbocycles. The predicted octanol–water partition coefficient (Wildman–Crippen LogP) is 0.552. The largest absolute Gasteiger partial charge is 0.465 e. The normalized spacial score (nSPS) is 23.3. The van der Waals surface area contributed by atoms with Crippen LogP contribution in [0.25, 0.3) is 0 Å². The van der Waals surface area contributed by atoms with E-state index in [1.54, 1.807) is 0 Å². The molecule has 0 spiro atoms. The molecule has 7 nitrogen and oxygen atoms in total. The quantitative estimate of drug-likeness (QED) is 0.450. The number of hydrogen-bond acceptors (Lipinski definition) is 6. The molecular formula is C9H14F2O7S. The lowest BCUT2D eigenvalue weighted by Crippen LogP contribution is -2.48. The molecule has 0 saturated heterocycles. The van der Waals surface area contributed by atoms with E-state index in [4.69, 9.17) is 14.0 Å². The number of carbonyl (C=O) groups excluding carboxylic acids is 1. The molecule has 112 valence electrons. The first-order valence-corrected chi connectivity index (χ1v) is 6.71. The van der Waals surface area contributed by atoms with Crippen molar-refractivity contribution in [3.05, 3.63) is 0 Å². The third kappa shape index (κ3) is 2.86. The predicted molar refractivity (Wildman–Crippen MR) is 57.0 cm³/mol. The number of rotatable bonds is 5.